The molecule has 0 aliphatic carbocycles. The first kappa shape index (κ1) is 18.0. The topological polar surface area (TPSA) is 97.3 Å². The highest BCUT2D eigenvalue weighted by Gasteiger charge is 2.11. The highest BCUT2D eigenvalue weighted by Crippen LogP contribution is 2.09. The second-order valence-corrected chi connectivity index (χ2v) is 4.54. The van der Waals surface area contributed by atoms with Gasteiger partial charge in [-0.05, 0) is 25.2 Å². The SMILES string of the molecule is CN(CC(=O)Nc1cccc(F)c1)Cc1noc(CN)n1.Cl. The fraction of sp³-hybridized carbons (Fsp3) is 0.308. The number of carbonyl (C=O) groups excluding carboxylic acids is 1. The summed E-state index contributed by atoms with van der Waals surface area (Å²) < 4.78 is 17.9. The molecular formula is C13H17ClFN5O2. The van der Waals surface area contributed by atoms with Gasteiger partial charge in [0, 0.05) is 5.69 Å². The largest absolute Gasteiger partial charge is 0.338 e. The van der Waals surface area contributed by atoms with E-state index < -0.39 is 5.82 Å². The molecule has 9 heteroatoms. The molecule has 1 amide bonds. The fourth-order valence-electron chi connectivity index (χ4n) is 1.75. The van der Waals surface area contributed by atoms with Gasteiger partial charge in [-0.15, -0.1) is 12.4 Å². The number of nitrogens with one attached hydrogen (secondary N) is 1. The third-order valence-corrected chi connectivity index (χ3v) is 2.62. The molecule has 0 saturated carbocycles. The Morgan fingerprint density at radius 1 is 1.50 bits per heavy atom. The van der Waals surface area contributed by atoms with Crippen molar-refractivity contribution in [3.05, 3.63) is 41.8 Å². The summed E-state index contributed by atoms with van der Waals surface area (Å²) in [7, 11) is 1.74. The summed E-state index contributed by atoms with van der Waals surface area (Å²) in [6.45, 7) is 0.639. The predicted octanol–water partition coefficient (Wildman–Crippen LogP) is 1.16. The standard InChI is InChI=1S/C13H16FN5O2.ClH/c1-19(7-11-17-13(6-15)21-18-11)8-12(20)16-10-4-2-3-9(14)5-10;/h2-5H,6-8,15H2,1H3,(H,16,20);1H. The average Bonchev–Trinajstić information content (AvgIpc) is 2.85. The van der Waals surface area contributed by atoms with Crippen molar-refractivity contribution >= 4 is 24.0 Å². The monoisotopic (exact) mass is 329 g/mol. The van der Waals surface area contributed by atoms with E-state index in [1.807, 2.05) is 0 Å². The number of hydrogen-bond donors (Lipinski definition) is 2. The number of nitrogens with two attached hydrogens (primary N) is 1. The van der Waals surface area contributed by atoms with Crippen LogP contribution in [0.2, 0.25) is 0 Å². The molecule has 22 heavy (non-hydrogen) atoms. The van der Waals surface area contributed by atoms with Gasteiger partial charge >= 0.3 is 0 Å². The molecule has 3 N–H and O–H groups in total. The maximum atomic E-state index is 13.0. The zero-order chi connectivity index (χ0) is 15.2. The number of rotatable bonds is 6. The molecular weight excluding hydrogens is 313 g/mol. The van der Waals surface area contributed by atoms with E-state index in [1.165, 1.54) is 18.2 Å². The molecule has 1 aromatic heterocycles. The molecule has 0 aliphatic heterocycles. The molecule has 120 valence electrons. The van der Waals surface area contributed by atoms with Crippen molar-refractivity contribution in [1.29, 1.82) is 0 Å². The summed E-state index contributed by atoms with van der Waals surface area (Å²) in [4.78, 5) is 17.6. The first-order valence-corrected chi connectivity index (χ1v) is 6.32. The van der Waals surface area contributed by atoms with E-state index in [0.29, 0.717) is 23.9 Å². The predicted molar refractivity (Wildman–Crippen MR) is 80.8 cm³/mol. The molecule has 0 bridgehead atoms. The Hall–Kier alpha value is -2.03. The van der Waals surface area contributed by atoms with E-state index in [-0.39, 0.29) is 31.4 Å². The van der Waals surface area contributed by atoms with Gasteiger partial charge in [-0.2, -0.15) is 4.98 Å². The summed E-state index contributed by atoms with van der Waals surface area (Å²) >= 11 is 0. The lowest BCUT2D eigenvalue weighted by atomic mass is 10.3. The first-order chi connectivity index (χ1) is 10.1. The zero-order valence-corrected chi connectivity index (χ0v) is 12.8. The average molecular weight is 330 g/mol. The Morgan fingerprint density at radius 2 is 2.27 bits per heavy atom. The number of amides is 1. The van der Waals surface area contributed by atoms with E-state index >= 15 is 0 Å². The van der Waals surface area contributed by atoms with E-state index in [0.717, 1.165) is 0 Å². The Balaban J connectivity index is 0.00000242. The normalized spacial score (nSPS) is 10.4. The molecule has 2 aromatic rings. The highest BCUT2D eigenvalue weighted by atomic mass is 35.5. The van der Waals surface area contributed by atoms with Crippen LogP contribution in [0.5, 0.6) is 0 Å². The van der Waals surface area contributed by atoms with Crippen LogP contribution in [0.3, 0.4) is 0 Å². The van der Waals surface area contributed by atoms with Crippen LogP contribution in [-0.4, -0.2) is 34.5 Å². The van der Waals surface area contributed by atoms with Crippen molar-refractivity contribution in [3.63, 3.8) is 0 Å². The van der Waals surface area contributed by atoms with Crippen molar-refractivity contribution in [2.24, 2.45) is 5.73 Å². The lowest BCUT2D eigenvalue weighted by molar-refractivity contribution is -0.117. The van der Waals surface area contributed by atoms with Crippen molar-refractivity contribution in [2.75, 3.05) is 18.9 Å². The van der Waals surface area contributed by atoms with Crippen molar-refractivity contribution in [3.8, 4) is 0 Å². The molecule has 0 saturated heterocycles. The van der Waals surface area contributed by atoms with Crippen molar-refractivity contribution < 1.29 is 13.7 Å². The van der Waals surface area contributed by atoms with Crippen LogP contribution in [0.15, 0.2) is 28.8 Å². The van der Waals surface area contributed by atoms with Crippen LogP contribution < -0.4 is 11.1 Å². The Kier molecular flexibility index (Phi) is 6.90. The third kappa shape index (κ3) is 5.40. The summed E-state index contributed by atoms with van der Waals surface area (Å²) in [5.74, 6) is 0.145. The van der Waals surface area contributed by atoms with Crippen LogP contribution in [0.1, 0.15) is 11.7 Å². The van der Waals surface area contributed by atoms with Crippen LogP contribution in [0.25, 0.3) is 0 Å². The van der Waals surface area contributed by atoms with E-state index in [4.69, 9.17) is 10.3 Å². The van der Waals surface area contributed by atoms with Gasteiger partial charge in [-0.1, -0.05) is 11.2 Å². The minimum absolute atomic E-state index is 0. The van der Waals surface area contributed by atoms with E-state index in [2.05, 4.69) is 15.5 Å². The molecule has 7 nitrogen and oxygen atoms in total. The Labute approximate surface area is 133 Å². The number of hydrogen-bond acceptors (Lipinski definition) is 6. The second kappa shape index (κ2) is 8.42. The Bertz CT molecular complexity index is 622. The minimum atomic E-state index is -0.401. The molecule has 0 atom stereocenters. The quantitative estimate of drug-likeness (QED) is 0.825. The van der Waals surface area contributed by atoms with Crippen molar-refractivity contribution in [1.82, 2.24) is 15.0 Å². The first-order valence-electron chi connectivity index (χ1n) is 6.32. The summed E-state index contributed by atoms with van der Waals surface area (Å²) in [5, 5.41) is 6.35. The molecule has 0 spiro atoms. The number of nitrogens with zero attached hydrogens (tertiary/aromatic N) is 3. The molecule has 2 rings (SSSR count). The fourth-order valence-corrected chi connectivity index (χ4v) is 1.75. The van der Waals surface area contributed by atoms with E-state index in [1.54, 1.807) is 18.0 Å². The number of halogens is 2. The highest BCUT2D eigenvalue weighted by molar-refractivity contribution is 5.92. The van der Waals surface area contributed by atoms with Gasteiger partial charge in [0.15, 0.2) is 5.82 Å². The van der Waals surface area contributed by atoms with Gasteiger partial charge in [0.25, 0.3) is 0 Å². The maximum absolute atomic E-state index is 13.0. The van der Waals surface area contributed by atoms with Gasteiger partial charge in [0.2, 0.25) is 11.8 Å². The summed E-state index contributed by atoms with van der Waals surface area (Å²) in [5.41, 5.74) is 5.78. The van der Waals surface area contributed by atoms with Gasteiger partial charge in [-0.25, -0.2) is 4.39 Å². The number of likely N-dealkylation sites (N-methyl/N-ethyl adjacent to an activating group) is 1. The third-order valence-electron chi connectivity index (χ3n) is 2.62. The second-order valence-electron chi connectivity index (χ2n) is 4.54. The molecule has 0 unspecified atom stereocenters. The van der Waals surface area contributed by atoms with Crippen molar-refractivity contribution in [2.45, 2.75) is 13.1 Å². The number of benzene rings is 1. The van der Waals surface area contributed by atoms with Crippen LogP contribution in [-0.2, 0) is 17.9 Å². The van der Waals surface area contributed by atoms with Crippen LogP contribution in [0, 0.1) is 5.82 Å². The zero-order valence-electron chi connectivity index (χ0n) is 12.0. The number of anilines is 1. The molecule has 0 aliphatic rings. The smallest absolute Gasteiger partial charge is 0.240 e. The molecule has 0 radical (unpaired) electrons. The van der Waals surface area contributed by atoms with Gasteiger partial charge in [0.05, 0.1) is 19.6 Å². The van der Waals surface area contributed by atoms with Gasteiger partial charge in [0.1, 0.15) is 5.82 Å². The summed E-state index contributed by atoms with van der Waals surface area (Å²) in [6.07, 6.45) is 0. The maximum Gasteiger partial charge on any atom is 0.240 e. The molecule has 0 fully saturated rings. The molecule has 1 aromatic carbocycles. The molecule has 1 heterocycles. The van der Waals surface area contributed by atoms with Crippen LogP contribution >= 0.6 is 12.4 Å². The van der Waals surface area contributed by atoms with Crippen LogP contribution in [0.4, 0.5) is 10.1 Å². The van der Waals surface area contributed by atoms with E-state index in [9.17, 15) is 9.18 Å². The van der Waals surface area contributed by atoms with Gasteiger partial charge in [-0.3, -0.25) is 9.69 Å². The minimum Gasteiger partial charge on any atom is -0.338 e. The van der Waals surface area contributed by atoms with Gasteiger partial charge < -0.3 is 15.6 Å². The summed E-state index contributed by atoms with van der Waals surface area (Å²) in [6, 6.07) is 5.72. The lowest BCUT2D eigenvalue weighted by Gasteiger charge is -2.14. The lowest BCUT2D eigenvalue weighted by Crippen LogP contribution is -2.30. The number of aromatic nitrogens is 2. The Morgan fingerprint density at radius 3 is 2.91 bits per heavy atom. The number of carbonyl (C=O) groups is 1.